The number of hydrogen-bond donors (Lipinski definition) is 0. The first kappa shape index (κ1) is 14.6. The molecule has 2 fully saturated rings. The summed E-state index contributed by atoms with van der Waals surface area (Å²) in [7, 11) is 0. The number of hydrogen-bond acceptors (Lipinski definition) is 1. The summed E-state index contributed by atoms with van der Waals surface area (Å²) in [5.74, 6) is 2.51. The molecule has 2 unspecified atom stereocenters. The van der Waals surface area contributed by atoms with Crippen molar-refractivity contribution in [3.05, 3.63) is 12.2 Å². The van der Waals surface area contributed by atoms with Crippen LogP contribution < -0.4 is 0 Å². The number of carbonyl (C=O) groups is 1. The van der Waals surface area contributed by atoms with E-state index in [2.05, 4.69) is 30.9 Å². The molecule has 2 saturated carbocycles. The van der Waals surface area contributed by atoms with Crippen molar-refractivity contribution in [2.24, 2.45) is 17.8 Å². The lowest BCUT2D eigenvalue weighted by Crippen LogP contribution is -2.35. The second-order valence-electron chi connectivity index (χ2n) is 6.27. The van der Waals surface area contributed by atoms with Crippen LogP contribution in [0.25, 0.3) is 0 Å². The van der Waals surface area contributed by atoms with Crippen molar-refractivity contribution in [1.29, 1.82) is 0 Å². The van der Waals surface area contributed by atoms with Crippen molar-refractivity contribution < 1.29 is 4.79 Å². The Morgan fingerprint density at radius 1 is 1.21 bits per heavy atom. The number of rotatable bonds is 9. The minimum Gasteiger partial charge on any atom is -0.342 e. The fraction of sp³-hybridized carbons (Fsp3) is 0.824. The molecule has 0 radical (unpaired) electrons. The van der Waals surface area contributed by atoms with Gasteiger partial charge in [0.1, 0.15) is 0 Å². The Hall–Kier alpha value is -0.790. The van der Waals surface area contributed by atoms with Crippen LogP contribution in [0.1, 0.15) is 58.8 Å². The highest BCUT2D eigenvalue weighted by atomic mass is 16.2. The normalized spacial score (nSPS) is 25.8. The molecule has 0 aliphatic heterocycles. The molecule has 108 valence electrons. The van der Waals surface area contributed by atoms with Gasteiger partial charge in [-0.1, -0.05) is 26.0 Å². The molecule has 2 aliphatic rings. The third kappa shape index (κ3) is 4.67. The van der Waals surface area contributed by atoms with Gasteiger partial charge in [-0.05, 0) is 56.8 Å². The van der Waals surface area contributed by atoms with Crippen LogP contribution in [-0.2, 0) is 4.79 Å². The number of nitrogens with zero attached hydrogens (tertiary/aromatic N) is 1. The second-order valence-corrected chi connectivity index (χ2v) is 6.27. The molecule has 2 nitrogen and oxygen atoms in total. The van der Waals surface area contributed by atoms with Gasteiger partial charge in [-0.3, -0.25) is 4.79 Å². The molecule has 2 atom stereocenters. The van der Waals surface area contributed by atoms with Crippen molar-refractivity contribution in [3.8, 4) is 0 Å². The predicted octanol–water partition coefficient (Wildman–Crippen LogP) is 4.02. The Morgan fingerprint density at radius 3 is 2.63 bits per heavy atom. The lowest BCUT2D eigenvalue weighted by atomic mass is 10.1. The molecule has 0 aromatic carbocycles. The minimum absolute atomic E-state index is 0.385. The van der Waals surface area contributed by atoms with Crippen LogP contribution in [0, 0.1) is 17.8 Å². The number of carbonyl (C=O) groups excluding carboxylic acids is 1. The van der Waals surface area contributed by atoms with Crippen LogP contribution in [0.15, 0.2) is 12.2 Å². The molecule has 0 spiro atoms. The zero-order valence-electron chi connectivity index (χ0n) is 12.6. The molecule has 0 saturated heterocycles. The smallest absolute Gasteiger partial charge is 0.225 e. The maximum Gasteiger partial charge on any atom is 0.225 e. The molecule has 0 aromatic rings. The molecule has 19 heavy (non-hydrogen) atoms. The van der Waals surface area contributed by atoms with Gasteiger partial charge in [-0.2, -0.15) is 0 Å². The van der Waals surface area contributed by atoms with Gasteiger partial charge in [-0.15, -0.1) is 0 Å². The summed E-state index contributed by atoms with van der Waals surface area (Å²) in [6.45, 7) is 6.36. The maximum absolute atomic E-state index is 12.2. The van der Waals surface area contributed by atoms with Gasteiger partial charge in [-0.25, -0.2) is 0 Å². The molecule has 1 amide bonds. The van der Waals surface area contributed by atoms with Crippen LogP contribution in [0.3, 0.4) is 0 Å². The largest absolute Gasteiger partial charge is 0.342 e. The van der Waals surface area contributed by atoms with E-state index in [4.69, 9.17) is 0 Å². The Labute approximate surface area is 118 Å². The SMILES string of the molecule is CCC=CCCC1CC1CN(CCC)C(=O)C1CC1. The van der Waals surface area contributed by atoms with Crippen molar-refractivity contribution in [2.75, 3.05) is 13.1 Å². The first-order valence-corrected chi connectivity index (χ1v) is 8.20. The second kappa shape index (κ2) is 7.12. The Kier molecular flexibility index (Phi) is 5.47. The Balaban J connectivity index is 1.67. The average molecular weight is 263 g/mol. The first-order chi connectivity index (χ1) is 9.26. The van der Waals surface area contributed by atoms with E-state index in [1.807, 2.05) is 0 Å². The van der Waals surface area contributed by atoms with E-state index in [1.165, 1.54) is 19.3 Å². The third-order valence-electron chi connectivity index (χ3n) is 4.36. The predicted molar refractivity (Wildman–Crippen MR) is 79.9 cm³/mol. The molecule has 2 heteroatoms. The average Bonchev–Trinajstić information content (AvgIpc) is 3.28. The van der Waals surface area contributed by atoms with Gasteiger partial charge >= 0.3 is 0 Å². The third-order valence-corrected chi connectivity index (χ3v) is 4.36. The van der Waals surface area contributed by atoms with Crippen LogP contribution in [0.4, 0.5) is 0 Å². The molecule has 0 bridgehead atoms. The van der Waals surface area contributed by atoms with E-state index in [1.54, 1.807) is 0 Å². The van der Waals surface area contributed by atoms with Crippen molar-refractivity contribution in [1.82, 2.24) is 4.90 Å². The zero-order valence-corrected chi connectivity index (χ0v) is 12.6. The van der Waals surface area contributed by atoms with Crippen molar-refractivity contribution in [2.45, 2.75) is 58.8 Å². The van der Waals surface area contributed by atoms with E-state index < -0.39 is 0 Å². The summed E-state index contributed by atoms with van der Waals surface area (Å²) in [5, 5.41) is 0. The lowest BCUT2D eigenvalue weighted by molar-refractivity contribution is -0.132. The molecule has 0 aromatic heterocycles. The molecule has 0 heterocycles. The molecular formula is C17H29NO. The minimum atomic E-state index is 0.385. The van der Waals surface area contributed by atoms with Gasteiger partial charge in [0, 0.05) is 19.0 Å². The summed E-state index contributed by atoms with van der Waals surface area (Å²) < 4.78 is 0. The van der Waals surface area contributed by atoms with Crippen molar-refractivity contribution >= 4 is 5.91 Å². The molecule has 0 N–H and O–H groups in total. The van der Waals surface area contributed by atoms with Gasteiger partial charge in [0.15, 0.2) is 0 Å². The van der Waals surface area contributed by atoms with Crippen molar-refractivity contribution in [3.63, 3.8) is 0 Å². The van der Waals surface area contributed by atoms with Crippen LogP contribution in [0.2, 0.25) is 0 Å². The molecule has 2 aliphatic carbocycles. The number of allylic oxidation sites excluding steroid dienone is 2. The van der Waals surface area contributed by atoms with E-state index in [9.17, 15) is 4.79 Å². The molecule has 2 rings (SSSR count). The highest BCUT2D eigenvalue weighted by Gasteiger charge is 2.40. The lowest BCUT2D eigenvalue weighted by Gasteiger charge is -2.22. The topological polar surface area (TPSA) is 20.3 Å². The highest BCUT2D eigenvalue weighted by molar-refractivity contribution is 5.81. The highest BCUT2D eigenvalue weighted by Crippen LogP contribution is 2.43. The summed E-state index contributed by atoms with van der Waals surface area (Å²) in [4.78, 5) is 14.3. The zero-order chi connectivity index (χ0) is 13.7. The van der Waals surface area contributed by atoms with E-state index in [0.717, 1.165) is 50.6 Å². The van der Waals surface area contributed by atoms with Crippen LogP contribution in [-0.4, -0.2) is 23.9 Å². The summed E-state index contributed by atoms with van der Waals surface area (Å²) >= 11 is 0. The van der Waals surface area contributed by atoms with Crippen LogP contribution in [0.5, 0.6) is 0 Å². The maximum atomic E-state index is 12.2. The summed E-state index contributed by atoms with van der Waals surface area (Å²) in [5.41, 5.74) is 0. The standard InChI is InChI=1S/C17H29NO/c1-3-5-6-7-8-15-12-16(15)13-18(11-4-2)17(19)14-9-10-14/h5-6,14-16H,3-4,7-13H2,1-2H3. The van der Waals surface area contributed by atoms with Gasteiger partial charge in [0.25, 0.3) is 0 Å². The monoisotopic (exact) mass is 263 g/mol. The summed E-state index contributed by atoms with van der Waals surface area (Å²) in [6.07, 6.45) is 13.0. The van der Waals surface area contributed by atoms with E-state index in [0.29, 0.717) is 11.8 Å². The Bertz CT molecular complexity index is 319. The first-order valence-electron chi connectivity index (χ1n) is 8.20. The summed E-state index contributed by atoms with van der Waals surface area (Å²) in [6, 6.07) is 0. The number of amides is 1. The van der Waals surface area contributed by atoms with E-state index in [-0.39, 0.29) is 0 Å². The van der Waals surface area contributed by atoms with Gasteiger partial charge < -0.3 is 4.90 Å². The van der Waals surface area contributed by atoms with Gasteiger partial charge in [0.05, 0.1) is 0 Å². The van der Waals surface area contributed by atoms with E-state index >= 15 is 0 Å². The molecular weight excluding hydrogens is 234 g/mol. The fourth-order valence-electron chi connectivity index (χ4n) is 2.92. The fourth-order valence-corrected chi connectivity index (χ4v) is 2.92. The Morgan fingerprint density at radius 2 is 2.00 bits per heavy atom. The van der Waals surface area contributed by atoms with Gasteiger partial charge in [0.2, 0.25) is 5.91 Å². The van der Waals surface area contributed by atoms with Crippen LogP contribution >= 0.6 is 0 Å². The quantitative estimate of drug-likeness (QED) is 0.575.